The van der Waals surface area contributed by atoms with Crippen molar-refractivity contribution in [3.05, 3.63) is 28.8 Å². The van der Waals surface area contributed by atoms with E-state index >= 15 is 0 Å². The Bertz CT molecular complexity index is 754. The quantitative estimate of drug-likeness (QED) is 0.859. The Hall–Kier alpha value is -1.74. The monoisotopic (exact) mass is 391 g/mol. The van der Waals surface area contributed by atoms with Gasteiger partial charge < -0.3 is 5.32 Å². The molecule has 0 radical (unpaired) electrons. The minimum atomic E-state index is -4.61. The molecule has 134 valence electrons. The smallest absolute Gasteiger partial charge is 0.326 e. The highest BCUT2D eigenvalue weighted by atomic mass is 35.5. The molecule has 2 aliphatic heterocycles. The van der Waals surface area contributed by atoms with Gasteiger partial charge in [0.05, 0.1) is 10.6 Å². The zero-order valence-corrected chi connectivity index (χ0v) is 14.3. The van der Waals surface area contributed by atoms with Crippen molar-refractivity contribution in [3.63, 3.8) is 0 Å². The highest BCUT2D eigenvalue weighted by Crippen LogP contribution is 2.36. The largest absolute Gasteiger partial charge is 0.417 e. The Morgan fingerprint density at radius 3 is 2.88 bits per heavy atom. The first-order valence-corrected chi connectivity index (χ1v) is 8.70. The molecule has 25 heavy (non-hydrogen) atoms. The number of alkyl halides is 3. The fourth-order valence-electron chi connectivity index (χ4n) is 2.57. The van der Waals surface area contributed by atoms with Crippen molar-refractivity contribution in [3.8, 4) is 0 Å². The summed E-state index contributed by atoms with van der Waals surface area (Å²) in [6.07, 6.45) is -3.97. The van der Waals surface area contributed by atoms with E-state index in [0.717, 1.165) is 18.6 Å². The Kier molecular flexibility index (Phi) is 4.97. The van der Waals surface area contributed by atoms with E-state index < -0.39 is 27.9 Å². The van der Waals surface area contributed by atoms with Gasteiger partial charge in [-0.25, -0.2) is 0 Å². The molecule has 1 aromatic carbocycles. The van der Waals surface area contributed by atoms with Gasteiger partial charge in [0.15, 0.2) is 5.17 Å². The lowest BCUT2D eigenvalue weighted by Gasteiger charge is -2.19. The van der Waals surface area contributed by atoms with Crippen LogP contribution in [0.4, 0.5) is 18.9 Å². The third-order valence-electron chi connectivity index (χ3n) is 3.73. The molecule has 2 aliphatic rings. The van der Waals surface area contributed by atoms with Gasteiger partial charge in [-0.3, -0.25) is 19.5 Å². The predicted molar refractivity (Wildman–Crippen MR) is 89.7 cm³/mol. The highest BCUT2D eigenvalue weighted by Gasteiger charge is 2.40. The van der Waals surface area contributed by atoms with Gasteiger partial charge in [0, 0.05) is 25.2 Å². The summed E-state index contributed by atoms with van der Waals surface area (Å²) in [6, 6.07) is 3.13. The van der Waals surface area contributed by atoms with Gasteiger partial charge in [-0.2, -0.15) is 13.2 Å². The molecule has 0 saturated carbocycles. The van der Waals surface area contributed by atoms with Crippen LogP contribution < -0.4 is 5.32 Å². The summed E-state index contributed by atoms with van der Waals surface area (Å²) in [6.45, 7) is 1.23. The number of carbonyl (C=O) groups excluding carboxylic acids is 2. The number of halogens is 4. The van der Waals surface area contributed by atoms with Crippen LogP contribution in [-0.2, 0) is 15.8 Å². The molecule has 0 bridgehead atoms. The van der Waals surface area contributed by atoms with Crippen molar-refractivity contribution in [2.45, 2.75) is 24.3 Å². The fourth-order valence-corrected chi connectivity index (χ4v) is 3.99. The van der Waals surface area contributed by atoms with E-state index in [4.69, 9.17) is 11.6 Å². The molecule has 1 aromatic rings. The summed E-state index contributed by atoms with van der Waals surface area (Å²) in [5.74, 6) is -0.729. The summed E-state index contributed by atoms with van der Waals surface area (Å²) >= 11 is 6.76. The topological polar surface area (TPSA) is 61.8 Å². The normalized spacial score (nSPS) is 20.3. The molecule has 1 fully saturated rings. The van der Waals surface area contributed by atoms with E-state index in [1.54, 1.807) is 4.90 Å². The number of hydrogen-bond donors (Lipinski definition) is 1. The van der Waals surface area contributed by atoms with Crippen LogP contribution in [0.15, 0.2) is 23.2 Å². The molecule has 2 amide bonds. The van der Waals surface area contributed by atoms with Gasteiger partial charge in [-0.1, -0.05) is 23.4 Å². The summed E-state index contributed by atoms with van der Waals surface area (Å²) in [7, 11) is 0. The molecule has 2 heterocycles. The molecule has 5 nitrogen and oxygen atoms in total. The number of fused-ring (bicyclic) bond motifs is 1. The first-order valence-electron chi connectivity index (χ1n) is 7.45. The van der Waals surface area contributed by atoms with E-state index in [0.29, 0.717) is 18.3 Å². The van der Waals surface area contributed by atoms with Crippen LogP contribution in [-0.4, -0.2) is 40.2 Å². The number of amides is 2. The average Bonchev–Trinajstić information content (AvgIpc) is 2.85. The summed E-state index contributed by atoms with van der Waals surface area (Å²) in [5, 5.41) is 1.95. The minimum Gasteiger partial charge on any atom is -0.326 e. The number of anilines is 1. The number of nitrogens with one attached hydrogen (secondary N) is 1. The maximum absolute atomic E-state index is 12.9. The number of carbonyl (C=O) groups is 2. The van der Waals surface area contributed by atoms with Crippen molar-refractivity contribution < 1.29 is 22.8 Å². The standard InChI is InChI=1S/C15H13ClF3N3O2S/c16-10-3-2-8(6-9(10)15(17,18)19)21-12(23)7-11-13(24)22-5-1-4-20-14(22)25-11/h2-3,6,11H,1,4-5,7H2,(H,21,23). The summed E-state index contributed by atoms with van der Waals surface area (Å²) in [4.78, 5) is 30.1. The summed E-state index contributed by atoms with van der Waals surface area (Å²) in [5.41, 5.74) is -1.04. The van der Waals surface area contributed by atoms with Crippen LogP contribution in [0.3, 0.4) is 0 Å². The van der Waals surface area contributed by atoms with Crippen LogP contribution >= 0.6 is 23.4 Å². The van der Waals surface area contributed by atoms with E-state index in [2.05, 4.69) is 10.3 Å². The Morgan fingerprint density at radius 1 is 1.44 bits per heavy atom. The average molecular weight is 392 g/mol. The number of hydrogen-bond acceptors (Lipinski definition) is 4. The number of benzene rings is 1. The van der Waals surface area contributed by atoms with E-state index in [1.807, 2.05) is 0 Å². The third-order valence-corrected chi connectivity index (χ3v) is 5.28. The molecule has 0 aromatic heterocycles. The van der Waals surface area contributed by atoms with Crippen LogP contribution in [0.2, 0.25) is 5.02 Å². The van der Waals surface area contributed by atoms with Crippen molar-refractivity contribution in [1.82, 2.24) is 4.90 Å². The highest BCUT2D eigenvalue weighted by molar-refractivity contribution is 8.15. The van der Waals surface area contributed by atoms with E-state index in [-0.39, 0.29) is 18.0 Å². The Morgan fingerprint density at radius 2 is 2.20 bits per heavy atom. The maximum atomic E-state index is 12.9. The SMILES string of the molecule is O=C(CC1SC2=NCCCN2C1=O)Nc1ccc(Cl)c(C(F)(F)F)c1. The van der Waals surface area contributed by atoms with Crippen molar-refractivity contribution >= 4 is 46.0 Å². The number of rotatable bonds is 3. The molecule has 1 atom stereocenters. The molecule has 0 spiro atoms. The third kappa shape index (κ3) is 3.92. The van der Waals surface area contributed by atoms with Crippen molar-refractivity contribution in [2.24, 2.45) is 4.99 Å². The second kappa shape index (κ2) is 6.87. The lowest BCUT2D eigenvalue weighted by Crippen LogP contribution is -2.36. The Labute approximate surface area is 150 Å². The minimum absolute atomic E-state index is 0.0211. The van der Waals surface area contributed by atoms with Gasteiger partial charge in [0.2, 0.25) is 11.8 Å². The van der Waals surface area contributed by atoms with Gasteiger partial charge in [-0.15, -0.1) is 0 Å². The maximum Gasteiger partial charge on any atom is 0.417 e. The van der Waals surface area contributed by atoms with Crippen LogP contribution in [0, 0.1) is 0 Å². The molecular weight excluding hydrogens is 379 g/mol. The Balaban J connectivity index is 1.67. The van der Waals surface area contributed by atoms with Gasteiger partial charge in [-0.05, 0) is 24.6 Å². The van der Waals surface area contributed by atoms with Crippen LogP contribution in [0.25, 0.3) is 0 Å². The number of aliphatic imine (C=N–C) groups is 1. The molecule has 1 unspecified atom stereocenters. The van der Waals surface area contributed by atoms with Gasteiger partial charge in [0.1, 0.15) is 5.25 Å². The number of thioether (sulfide) groups is 1. The molecule has 0 aliphatic carbocycles. The molecule has 1 N–H and O–H groups in total. The fraction of sp³-hybridized carbons (Fsp3) is 0.400. The zero-order chi connectivity index (χ0) is 18.2. The van der Waals surface area contributed by atoms with Crippen LogP contribution in [0.5, 0.6) is 0 Å². The molecule has 3 rings (SSSR count). The van der Waals surface area contributed by atoms with Crippen LogP contribution in [0.1, 0.15) is 18.4 Å². The number of amidine groups is 1. The van der Waals surface area contributed by atoms with E-state index in [9.17, 15) is 22.8 Å². The first kappa shape index (κ1) is 18.1. The van der Waals surface area contributed by atoms with E-state index in [1.165, 1.54) is 17.8 Å². The lowest BCUT2D eigenvalue weighted by molar-refractivity contribution is -0.137. The zero-order valence-electron chi connectivity index (χ0n) is 12.8. The second-order valence-electron chi connectivity index (χ2n) is 5.56. The lowest BCUT2D eigenvalue weighted by atomic mass is 10.2. The number of nitrogens with zero attached hydrogens (tertiary/aromatic N) is 2. The first-order chi connectivity index (χ1) is 11.8. The van der Waals surface area contributed by atoms with Crippen molar-refractivity contribution in [2.75, 3.05) is 18.4 Å². The molecule has 10 heteroatoms. The predicted octanol–water partition coefficient (Wildman–Crippen LogP) is 3.39. The van der Waals surface area contributed by atoms with Crippen molar-refractivity contribution in [1.29, 1.82) is 0 Å². The van der Waals surface area contributed by atoms with Gasteiger partial charge in [0.25, 0.3) is 0 Å². The van der Waals surface area contributed by atoms with Gasteiger partial charge >= 0.3 is 6.18 Å². The molecule has 1 saturated heterocycles. The molecular formula is C15H13ClF3N3O2S. The summed E-state index contributed by atoms with van der Waals surface area (Å²) < 4.78 is 38.6. The second-order valence-corrected chi connectivity index (χ2v) is 7.14.